The molecule has 2 aliphatic heterocycles. The molecule has 0 saturated carbocycles. The second kappa shape index (κ2) is 6.05. The quantitative estimate of drug-likeness (QED) is 0.364. The first-order valence-electron chi connectivity index (χ1n) is 8.82. The number of nitrogens with two attached hydrogens (primary N) is 1. The molecule has 2 aliphatic rings. The van der Waals surface area contributed by atoms with E-state index in [1.165, 1.54) is 12.1 Å². The number of aromatic nitrogens is 2. The maximum Gasteiger partial charge on any atom is 0.340 e. The average Bonchev–Trinajstić information content (AvgIpc) is 3.17. The minimum Gasteiger partial charge on any atom is -0.465 e. The predicted molar refractivity (Wildman–Crippen MR) is 117 cm³/mol. The number of fused-ring (bicyclic) bond motifs is 5. The van der Waals surface area contributed by atoms with Gasteiger partial charge in [-0.3, -0.25) is 14.4 Å². The van der Waals surface area contributed by atoms with Crippen LogP contribution in [0.25, 0.3) is 16.6 Å². The predicted octanol–water partition coefficient (Wildman–Crippen LogP) is 0.777. The zero-order valence-corrected chi connectivity index (χ0v) is 17.6. The molecule has 0 bridgehead atoms. The van der Waals surface area contributed by atoms with Gasteiger partial charge in [0.1, 0.15) is 11.4 Å². The Morgan fingerprint density at radius 2 is 1.77 bits per heavy atom. The second-order valence-electron chi connectivity index (χ2n) is 6.89. The lowest BCUT2D eigenvalue weighted by atomic mass is 9.84. The molecule has 0 radical (unpaired) electrons. The van der Waals surface area contributed by atoms with Crippen molar-refractivity contribution in [1.82, 2.24) is 9.36 Å². The fourth-order valence-corrected chi connectivity index (χ4v) is 4.76. The largest absolute Gasteiger partial charge is 0.465 e. The second-order valence-corrected chi connectivity index (χ2v) is 8.13. The number of hydrogen-bond donors (Lipinski definition) is 2. The van der Waals surface area contributed by atoms with Gasteiger partial charge < -0.3 is 15.8 Å². The number of nitrogens with one attached hydrogen (secondary N) is 1. The van der Waals surface area contributed by atoms with Crippen molar-refractivity contribution in [1.29, 1.82) is 0 Å². The Morgan fingerprint density at radius 1 is 1.10 bits per heavy atom. The van der Waals surface area contributed by atoms with E-state index in [9.17, 15) is 19.2 Å². The van der Waals surface area contributed by atoms with Crippen LogP contribution in [0.5, 0.6) is 0 Å². The topological polar surface area (TPSA) is 125 Å². The SMILES string of the molecule is COC(=O)C1=C(N)n2c(=O)c3ccccc3c(=O)n2C12C(=O)Nc1cc(I)ccc12. The highest BCUT2D eigenvalue weighted by Gasteiger charge is 2.61. The van der Waals surface area contributed by atoms with Crippen LogP contribution in [-0.4, -0.2) is 28.3 Å². The number of amides is 1. The van der Waals surface area contributed by atoms with Crippen LogP contribution in [-0.2, 0) is 19.9 Å². The first-order valence-corrected chi connectivity index (χ1v) is 9.90. The van der Waals surface area contributed by atoms with Gasteiger partial charge in [-0.2, -0.15) is 4.68 Å². The number of nitrogens with zero attached hydrogens (tertiary/aromatic N) is 2. The summed E-state index contributed by atoms with van der Waals surface area (Å²) in [5.74, 6) is -1.91. The summed E-state index contributed by atoms with van der Waals surface area (Å²) in [6.07, 6.45) is 0. The highest BCUT2D eigenvalue weighted by molar-refractivity contribution is 14.1. The standard InChI is InChI=1S/C20H13IN4O5/c1-30-18(28)14-15(22)24-16(26)10-4-2-3-5-11(10)17(27)25(24)20(14)12-7-6-9(21)8-13(12)23-19(20)29/h2-8H,22H2,1H3,(H,23,29). The summed E-state index contributed by atoms with van der Waals surface area (Å²) in [5.41, 5.74) is 3.49. The maximum atomic E-state index is 13.5. The third kappa shape index (κ3) is 2.01. The van der Waals surface area contributed by atoms with Crippen LogP contribution in [0.15, 0.2) is 57.6 Å². The van der Waals surface area contributed by atoms with Crippen LogP contribution in [0.4, 0.5) is 5.69 Å². The number of esters is 1. The van der Waals surface area contributed by atoms with Gasteiger partial charge in [-0.05, 0) is 46.9 Å². The molecule has 1 atom stereocenters. The van der Waals surface area contributed by atoms with E-state index in [0.29, 0.717) is 11.3 Å². The zero-order chi connectivity index (χ0) is 21.4. The maximum absolute atomic E-state index is 13.5. The van der Waals surface area contributed by atoms with E-state index in [-0.39, 0.29) is 22.2 Å². The number of halogens is 1. The molecule has 1 unspecified atom stereocenters. The van der Waals surface area contributed by atoms with Gasteiger partial charge in [-0.15, -0.1) is 0 Å². The highest BCUT2D eigenvalue weighted by atomic mass is 127. The fourth-order valence-electron chi connectivity index (χ4n) is 4.27. The van der Waals surface area contributed by atoms with Crippen molar-refractivity contribution >= 4 is 56.7 Å². The third-order valence-corrected chi connectivity index (χ3v) is 6.15. The summed E-state index contributed by atoms with van der Waals surface area (Å²) in [4.78, 5) is 53.0. The summed E-state index contributed by atoms with van der Waals surface area (Å²) in [6, 6.07) is 11.3. The van der Waals surface area contributed by atoms with Crippen molar-refractivity contribution in [2.75, 3.05) is 12.4 Å². The molecular weight excluding hydrogens is 503 g/mol. The van der Waals surface area contributed by atoms with Crippen LogP contribution >= 0.6 is 22.6 Å². The third-order valence-electron chi connectivity index (χ3n) is 5.47. The normalized spacial score (nSPS) is 19.2. The van der Waals surface area contributed by atoms with Gasteiger partial charge >= 0.3 is 5.97 Å². The van der Waals surface area contributed by atoms with Crippen LogP contribution < -0.4 is 22.2 Å². The van der Waals surface area contributed by atoms with Gasteiger partial charge in [0.2, 0.25) is 5.54 Å². The first kappa shape index (κ1) is 18.6. The van der Waals surface area contributed by atoms with E-state index in [4.69, 9.17) is 10.5 Å². The number of carbonyl (C=O) groups is 2. The lowest BCUT2D eigenvalue weighted by molar-refractivity contribution is -0.138. The van der Waals surface area contributed by atoms with Crippen molar-refractivity contribution in [3.63, 3.8) is 0 Å². The van der Waals surface area contributed by atoms with E-state index in [1.54, 1.807) is 30.3 Å². The molecule has 1 aromatic heterocycles. The summed E-state index contributed by atoms with van der Waals surface area (Å²) in [7, 11) is 1.14. The molecule has 2 aromatic carbocycles. The average molecular weight is 516 g/mol. The van der Waals surface area contributed by atoms with Crippen LogP contribution in [0.3, 0.4) is 0 Å². The molecule has 0 saturated heterocycles. The Labute approximate surface area is 181 Å². The number of ether oxygens (including phenoxy) is 1. The van der Waals surface area contributed by atoms with Gasteiger partial charge in [-0.25, -0.2) is 9.48 Å². The smallest absolute Gasteiger partial charge is 0.340 e. The van der Waals surface area contributed by atoms with Crippen molar-refractivity contribution in [3.8, 4) is 0 Å². The number of hydrogen-bond acceptors (Lipinski definition) is 6. The van der Waals surface area contributed by atoms with E-state index in [1.807, 2.05) is 0 Å². The summed E-state index contributed by atoms with van der Waals surface area (Å²) in [5, 5.41) is 2.96. The minimum atomic E-state index is -1.96. The zero-order valence-electron chi connectivity index (χ0n) is 15.4. The van der Waals surface area contributed by atoms with Gasteiger partial charge in [0.15, 0.2) is 0 Å². The molecule has 3 N–H and O–H groups in total. The molecule has 1 amide bonds. The molecule has 3 aromatic rings. The Bertz CT molecular complexity index is 1470. The number of rotatable bonds is 1. The van der Waals surface area contributed by atoms with E-state index >= 15 is 0 Å². The fraction of sp³-hybridized carbons (Fsp3) is 0.100. The number of carbonyl (C=O) groups excluding carboxylic acids is 2. The van der Waals surface area contributed by atoms with Crippen LogP contribution in [0.2, 0.25) is 0 Å². The van der Waals surface area contributed by atoms with Crippen molar-refractivity contribution in [2.45, 2.75) is 5.54 Å². The molecule has 3 heterocycles. The lowest BCUT2D eigenvalue weighted by Gasteiger charge is -2.26. The van der Waals surface area contributed by atoms with Crippen molar-refractivity contribution in [2.24, 2.45) is 5.73 Å². The molecule has 1 spiro atoms. The molecule has 5 rings (SSSR count). The summed E-state index contributed by atoms with van der Waals surface area (Å²) in [6.45, 7) is 0. The van der Waals surface area contributed by atoms with Crippen LogP contribution in [0, 0.1) is 3.57 Å². The molecule has 0 fully saturated rings. The molecule has 30 heavy (non-hydrogen) atoms. The van der Waals surface area contributed by atoms with E-state index in [2.05, 4.69) is 27.9 Å². The number of benzene rings is 2. The number of anilines is 1. The Kier molecular flexibility index (Phi) is 3.75. The van der Waals surface area contributed by atoms with E-state index < -0.39 is 28.5 Å². The van der Waals surface area contributed by atoms with Crippen LogP contribution in [0.1, 0.15) is 5.56 Å². The Hall–Kier alpha value is -3.41. The van der Waals surface area contributed by atoms with Crippen molar-refractivity contribution in [3.05, 3.63) is 77.9 Å². The molecular formula is C20H13IN4O5. The first-order chi connectivity index (χ1) is 14.3. The van der Waals surface area contributed by atoms with Crippen molar-refractivity contribution < 1.29 is 14.3 Å². The Balaban J connectivity index is 2.05. The minimum absolute atomic E-state index is 0.115. The summed E-state index contributed by atoms with van der Waals surface area (Å²) < 4.78 is 7.59. The van der Waals surface area contributed by atoms with E-state index in [0.717, 1.165) is 20.0 Å². The number of methoxy groups -OCH3 is 1. The monoisotopic (exact) mass is 516 g/mol. The highest BCUT2D eigenvalue weighted by Crippen LogP contribution is 2.48. The lowest BCUT2D eigenvalue weighted by Crippen LogP contribution is -2.51. The summed E-state index contributed by atoms with van der Waals surface area (Å²) >= 11 is 2.08. The Morgan fingerprint density at radius 3 is 2.43 bits per heavy atom. The molecule has 10 heteroatoms. The molecule has 0 aliphatic carbocycles. The van der Waals surface area contributed by atoms with Gasteiger partial charge in [0, 0.05) is 14.8 Å². The molecule has 9 nitrogen and oxygen atoms in total. The van der Waals surface area contributed by atoms with Gasteiger partial charge in [-0.1, -0.05) is 18.2 Å². The molecule has 150 valence electrons. The van der Waals surface area contributed by atoms with Gasteiger partial charge in [0.25, 0.3) is 17.0 Å². The van der Waals surface area contributed by atoms with Gasteiger partial charge in [0.05, 0.1) is 17.9 Å².